The van der Waals surface area contributed by atoms with E-state index in [1.165, 1.54) is 49.5 Å². The van der Waals surface area contributed by atoms with Crippen molar-refractivity contribution in [2.45, 2.75) is 58.0 Å². The number of carbonyl (C=O) groups excluding carboxylic acids is 1. The number of esters is 1. The summed E-state index contributed by atoms with van der Waals surface area (Å²) in [6, 6.07) is 6.67. The molecule has 0 radical (unpaired) electrons. The molecule has 3 nitrogen and oxygen atoms in total. The predicted molar refractivity (Wildman–Crippen MR) is 80.7 cm³/mol. The first-order valence-corrected chi connectivity index (χ1v) is 7.61. The van der Waals surface area contributed by atoms with Gasteiger partial charge in [-0.1, -0.05) is 25.1 Å². The van der Waals surface area contributed by atoms with Gasteiger partial charge in [0.25, 0.3) is 0 Å². The van der Waals surface area contributed by atoms with Gasteiger partial charge in [-0.25, -0.2) is 0 Å². The van der Waals surface area contributed by atoms with Crippen molar-refractivity contribution in [3.8, 4) is 0 Å². The summed E-state index contributed by atoms with van der Waals surface area (Å²) >= 11 is 0. The zero-order valence-corrected chi connectivity index (χ0v) is 12.7. The van der Waals surface area contributed by atoms with Crippen LogP contribution in [0.3, 0.4) is 0 Å². The fraction of sp³-hybridized carbons (Fsp3) is 0.588. The number of ether oxygens (including phenoxy) is 1. The Kier molecular flexibility index (Phi) is 5.18. The van der Waals surface area contributed by atoms with E-state index in [2.05, 4.69) is 30.4 Å². The summed E-state index contributed by atoms with van der Waals surface area (Å²) in [5, 5.41) is 3.37. The third-order valence-corrected chi connectivity index (χ3v) is 4.22. The van der Waals surface area contributed by atoms with E-state index in [-0.39, 0.29) is 18.1 Å². The molecule has 0 heterocycles. The van der Waals surface area contributed by atoms with Gasteiger partial charge in [0.15, 0.2) is 0 Å². The highest BCUT2D eigenvalue weighted by Gasteiger charge is 2.20. The average molecular weight is 275 g/mol. The number of hydrogen-bond donors (Lipinski definition) is 1. The largest absolute Gasteiger partial charge is 0.468 e. The quantitative estimate of drug-likeness (QED) is 0.839. The van der Waals surface area contributed by atoms with Crippen molar-refractivity contribution in [2.75, 3.05) is 7.11 Å². The number of aryl methyl sites for hydroxylation is 2. The zero-order valence-electron chi connectivity index (χ0n) is 12.7. The minimum atomic E-state index is -0.231. The molecule has 0 aromatic heterocycles. The molecule has 0 saturated carbocycles. The smallest absolute Gasteiger partial charge is 0.322 e. The Morgan fingerprint density at radius 1 is 1.30 bits per heavy atom. The van der Waals surface area contributed by atoms with Crippen LogP contribution in [0.1, 0.15) is 55.8 Å². The van der Waals surface area contributed by atoms with E-state index in [9.17, 15) is 4.79 Å². The first kappa shape index (κ1) is 15.0. The van der Waals surface area contributed by atoms with E-state index in [4.69, 9.17) is 4.74 Å². The van der Waals surface area contributed by atoms with Crippen LogP contribution >= 0.6 is 0 Å². The maximum Gasteiger partial charge on any atom is 0.322 e. The Morgan fingerprint density at radius 2 is 2.00 bits per heavy atom. The van der Waals surface area contributed by atoms with Crippen LogP contribution in [0.5, 0.6) is 0 Å². The van der Waals surface area contributed by atoms with Crippen LogP contribution in [-0.2, 0) is 22.4 Å². The van der Waals surface area contributed by atoms with Crippen molar-refractivity contribution < 1.29 is 9.53 Å². The monoisotopic (exact) mass is 275 g/mol. The van der Waals surface area contributed by atoms with Gasteiger partial charge in [0.05, 0.1) is 7.11 Å². The van der Waals surface area contributed by atoms with Gasteiger partial charge in [-0.05, 0) is 55.7 Å². The minimum absolute atomic E-state index is 0.159. The summed E-state index contributed by atoms with van der Waals surface area (Å²) in [5.41, 5.74) is 4.23. The Morgan fingerprint density at radius 3 is 2.65 bits per heavy atom. The van der Waals surface area contributed by atoms with E-state index in [0.717, 1.165) is 6.42 Å². The summed E-state index contributed by atoms with van der Waals surface area (Å²) in [5.74, 6) is -0.183. The molecular formula is C17H25NO2. The predicted octanol–water partition coefficient (Wildman–Crippen LogP) is 3.17. The van der Waals surface area contributed by atoms with Gasteiger partial charge >= 0.3 is 5.97 Å². The summed E-state index contributed by atoms with van der Waals surface area (Å²) in [7, 11) is 1.44. The molecule has 1 aliphatic carbocycles. The van der Waals surface area contributed by atoms with Crippen molar-refractivity contribution in [3.05, 3.63) is 34.9 Å². The Hall–Kier alpha value is -1.35. The highest BCUT2D eigenvalue weighted by atomic mass is 16.5. The molecular weight excluding hydrogens is 250 g/mol. The molecule has 3 heteroatoms. The van der Waals surface area contributed by atoms with Crippen LogP contribution in [0.15, 0.2) is 18.2 Å². The highest BCUT2D eigenvalue weighted by Crippen LogP contribution is 2.25. The number of methoxy groups -OCH3 is 1. The molecule has 0 aliphatic heterocycles. The van der Waals surface area contributed by atoms with E-state index < -0.39 is 0 Å². The van der Waals surface area contributed by atoms with Gasteiger partial charge in [0.2, 0.25) is 0 Å². The second-order valence-corrected chi connectivity index (χ2v) is 5.61. The fourth-order valence-corrected chi connectivity index (χ4v) is 2.92. The van der Waals surface area contributed by atoms with Crippen LogP contribution in [0.4, 0.5) is 0 Å². The first-order valence-electron chi connectivity index (χ1n) is 7.61. The number of benzene rings is 1. The lowest BCUT2D eigenvalue weighted by Gasteiger charge is -2.23. The number of carbonyl (C=O) groups is 1. The van der Waals surface area contributed by atoms with Crippen molar-refractivity contribution in [1.29, 1.82) is 0 Å². The number of hydrogen-bond acceptors (Lipinski definition) is 3. The fourth-order valence-electron chi connectivity index (χ4n) is 2.92. The second-order valence-electron chi connectivity index (χ2n) is 5.61. The molecule has 0 saturated heterocycles. The maximum atomic E-state index is 11.7. The molecule has 0 spiro atoms. The number of nitrogens with one attached hydrogen (secondary N) is 1. The molecule has 0 fully saturated rings. The standard InChI is InChI=1S/C17H25NO2/c1-4-16(17(19)20-3)18-12(2)14-10-9-13-7-5-6-8-15(13)11-14/h9-12,16,18H,4-8H2,1-3H3. The third kappa shape index (κ3) is 3.40. The van der Waals surface area contributed by atoms with Crippen LogP contribution in [0, 0.1) is 0 Å². The van der Waals surface area contributed by atoms with E-state index in [1.807, 2.05) is 6.92 Å². The van der Waals surface area contributed by atoms with Crippen LogP contribution in [0.25, 0.3) is 0 Å². The molecule has 20 heavy (non-hydrogen) atoms. The van der Waals surface area contributed by atoms with Gasteiger partial charge in [-0.2, -0.15) is 0 Å². The van der Waals surface area contributed by atoms with E-state index in [1.54, 1.807) is 0 Å². The normalized spacial score (nSPS) is 17.1. The maximum absolute atomic E-state index is 11.7. The molecule has 0 amide bonds. The lowest BCUT2D eigenvalue weighted by molar-refractivity contribution is -0.143. The molecule has 110 valence electrons. The van der Waals surface area contributed by atoms with E-state index >= 15 is 0 Å². The summed E-state index contributed by atoms with van der Waals surface area (Å²) in [6.07, 6.45) is 5.72. The first-order chi connectivity index (χ1) is 9.65. The highest BCUT2D eigenvalue weighted by molar-refractivity contribution is 5.75. The molecule has 0 bridgehead atoms. The molecule has 1 aliphatic rings. The SMILES string of the molecule is CCC(NC(C)c1ccc2c(c1)CCCC2)C(=O)OC. The zero-order chi connectivity index (χ0) is 14.5. The van der Waals surface area contributed by atoms with Crippen molar-refractivity contribution >= 4 is 5.97 Å². The van der Waals surface area contributed by atoms with Crippen molar-refractivity contribution in [3.63, 3.8) is 0 Å². The Balaban J connectivity index is 2.08. The van der Waals surface area contributed by atoms with Gasteiger partial charge in [-0.3, -0.25) is 10.1 Å². The minimum Gasteiger partial charge on any atom is -0.468 e. The Bertz CT molecular complexity index is 470. The third-order valence-electron chi connectivity index (χ3n) is 4.22. The van der Waals surface area contributed by atoms with Crippen molar-refractivity contribution in [1.82, 2.24) is 5.32 Å². The number of rotatable bonds is 5. The summed E-state index contributed by atoms with van der Waals surface area (Å²) in [6.45, 7) is 4.10. The Labute approximate surface area is 121 Å². The topological polar surface area (TPSA) is 38.3 Å². The molecule has 2 unspecified atom stereocenters. The van der Waals surface area contributed by atoms with Gasteiger partial charge < -0.3 is 4.74 Å². The van der Waals surface area contributed by atoms with E-state index in [0.29, 0.717) is 0 Å². The number of fused-ring (bicyclic) bond motifs is 1. The summed E-state index contributed by atoms with van der Waals surface area (Å²) in [4.78, 5) is 11.7. The van der Waals surface area contributed by atoms with Gasteiger partial charge in [0, 0.05) is 6.04 Å². The lowest BCUT2D eigenvalue weighted by atomic mass is 9.89. The molecule has 1 aromatic rings. The summed E-state index contributed by atoms with van der Waals surface area (Å²) < 4.78 is 4.83. The molecule has 1 aromatic carbocycles. The van der Waals surface area contributed by atoms with Crippen LogP contribution in [0.2, 0.25) is 0 Å². The molecule has 2 atom stereocenters. The van der Waals surface area contributed by atoms with Crippen molar-refractivity contribution in [2.24, 2.45) is 0 Å². The van der Waals surface area contributed by atoms with Crippen LogP contribution in [-0.4, -0.2) is 19.1 Å². The second kappa shape index (κ2) is 6.89. The molecule has 1 N–H and O–H groups in total. The van der Waals surface area contributed by atoms with Gasteiger partial charge in [-0.15, -0.1) is 0 Å². The lowest BCUT2D eigenvalue weighted by Crippen LogP contribution is -2.38. The molecule has 2 rings (SSSR count). The average Bonchev–Trinajstić information content (AvgIpc) is 2.51. The van der Waals surface area contributed by atoms with Crippen LogP contribution < -0.4 is 5.32 Å². The van der Waals surface area contributed by atoms with Gasteiger partial charge in [0.1, 0.15) is 6.04 Å².